The summed E-state index contributed by atoms with van der Waals surface area (Å²) in [6, 6.07) is 2.62. The lowest BCUT2D eigenvalue weighted by Gasteiger charge is -2.02. The second kappa shape index (κ2) is 2.83. The van der Waals surface area contributed by atoms with Gasteiger partial charge < -0.3 is 4.98 Å². The predicted octanol–water partition coefficient (Wildman–Crippen LogP) is 3.01. The average Bonchev–Trinajstić information content (AvgIpc) is 2.53. The van der Waals surface area contributed by atoms with Crippen LogP contribution >= 0.6 is 0 Å². The summed E-state index contributed by atoms with van der Waals surface area (Å²) in [5.74, 6) is -0.998. The molecule has 1 nitrogen and oxygen atoms in total. The van der Waals surface area contributed by atoms with Gasteiger partial charge in [-0.1, -0.05) is 6.92 Å². The summed E-state index contributed by atoms with van der Waals surface area (Å²) in [4.78, 5) is 2.75. The molecule has 2 aromatic rings. The summed E-state index contributed by atoms with van der Waals surface area (Å²) in [6.45, 7) is 1.85. The minimum atomic E-state index is -0.533. The highest BCUT2D eigenvalue weighted by molar-refractivity contribution is 5.83. The SMILES string of the molecule is CCc1c(F)cc(F)c2[nH]ccc12. The van der Waals surface area contributed by atoms with E-state index in [1.54, 1.807) is 12.3 Å². The van der Waals surface area contributed by atoms with Crippen LogP contribution < -0.4 is 0 Å². The Hall–Kier alpha value is -1.38. The maximum absolute atomic E-state index is 13.2. The topological polar surface area (TPSA) is 15.8 Å². The monoisotopic (exact) mass is 181 g/mol. The zero-order valence-corrected chi connectivity index (χ0v) is 7.20. The summed E-state index contributed by atoms with van der Waals surface area (Å²) >= 11 is 0. The van der Waals surface area contributed by atoms with E-state index in [0.717, 1.165) is 6.07 Å². The van der Waals surface area contributed by atoms with Crippen LogP contribution in [-0.2, 0) is 6.42 Å². The molecular weight excluding hydrogens is 172 g/mol. The molecule has 0 saturated heterocycles. The molecule has 68 valence electrons. The molecule has 1 aromatic carbocycles. The Morgan fingerprint density at radius 1 is 1.31 bits per heavy atom. The molecule has 2 rings (SSSR count). The van der Waals surface area contributed by atoms with Crippen molar-refractivity contribution in [1.82, 2.24) is 4.98 Å². The molecule has 1 heterocycles. The summed E-state index contributed by atoms with van der Waals surface area (Å²) in [6.07, 6.45) is 2.19. The van der Waals surface area contributed by atoms with Crippen LogP contribution in [0.2, 0.25) is 0 Å². The highest BCUT2D eigenvalue weighted by atomic mass is 19.1. The van der Waals surface area contributed by atoms with E-state index in [1.807, 2.05) is 6.92 Å². The molecule has 0 bridgehead atoms. The summed E-state index contributed by atoms with van der Waals surface area (Å²) in [5.41, 5.74) is 0.955. The molecule has 0 unspecified atom stereocenters. The van der Waals surface area contributed by atoms with Gasteiger partial charge in [0, 0.05) is 17.6 Å². The Balaban J connectivity index is 2.88. The van der Waals surface area contributed by atoms with Gasteiger partial charge in [0.1, 0.15) is 11.6 Å². The minimum Gasteiger partial charge on any atom is -0.359 e. The summed E-state index contributed by atoms with van der Waals surface area (Å²) in [7, 11) is 0. The molecule has 1 N–H and O–H groups in total. The minimum absolute atomic E-state index is 0.387. The zero-order chi connectivity index (χ0) is 9.42. The number of rotatable bonds is 1. The van der Waals surface area contributed by atoms with E-state index in [2.05, 4.69) is 4.98 Å². The van der Waals surface area contributed by atoms with E-state index in [1.165, 1.54) is 0 Å². The molecule has 0 amide bonds. The van der Waals surface area contributed by atoms with Crippen LogP contribution in [0.4, 0.5) is 8.78 Å². The number of aromatic nitrogens is 1. The molecule has 0 atom stereocenters. The fourth-order valence-electron chi connectivity index (χ4n) is 1.58. The molecule has 0 aliphatic carbocycles. The second-order valence-corrected chi connectivity index (χ2v) is 2.94. The molecule has 0 aliphatic rings. The van der Waals surface area contributed by atoms with Gasteiger partial charge in [-0.25, -0.2) is 8.78 Å². The van der Waals surface area contributed by atoms with Gasteiger partial charge >= 0.3 is 0 Å². The van der Waals surface area contributed by atoms with Gasteiger partial charge in [-0.3, -0.25) is 0 Å². The Morgan fingerprint density at radius 2 is 2.08 bits per heavy atom. The molecule has 0 radical (unpaired) electrons. The smallest absolute Gasteiger partial charge is 0.150 e. The number of aromatic amines is 1. The largest absolute Gasteiger partial charge is 0.359 e. The van der Waals surface area contributed by atoms with Gasteiger partial charge in [0.15, 0.2) is 0 Å². The van der Waals surface area contributed by atoms with E-state index in [-0.39, 0.29) is 0 Å². The average molecular weight is 181 g/mol. The number of hydrogen-bond donors (Lipinski definition) is 1. The van der Waals surface area contributed by atoms with E-state index in [4.69, 9.17) is 0 Å². The first kappa shape index (κ1) is 8.23. The molecule has 0 aliphatic heterocycles. The Labute approximate surface area is 74.4 Å². The second-order valence-electron chi connectivity index (χ2n) is 2.94. The van der Waals surface area contributed by atoms with Gasteiger partial charge in [-0.05, 0) is 18.1 Å². The number of benzene rings is 1. The van der Waals surface area contributed by atoms with Crippen molar-refractivity contribution in [2.45, 2.75) is 13.3 Å². The van der Waals surface area contributed by atoms with Crippen LogP contribution in [0.15, 0.2) is 18.3 Å². The maximum atomic E-state index is 13.2. The van der Waals surface area contributed by atoms with E-state index < -0.39 is 11.6 Å². The van der Waals surface area contributed by atoms with E-state index in [9.17, 15) is 8.78 Å². The third kappa shape index (κ3) is 1.11. The number of fused-ring (bicyclic) bond motifs is 1. The lowest BCUT2D eigenvalue weighted by atomic mass is 10.1. The Morgan fingerprint density at radius 3 is 2.77 bits per heavy atom. The van der Waals surface area contributed by atoms with Crippen LogP contribution in [0.25, 0.3) is 10.9 Å². The zero-order valence-electron chi connectivity index (χ0n) is 7.20. The lowest BCUT2D eigenvalue weighted by molar-refractivity contribution is 0.581. The Kier molecular flexibility index (Phi) is 1.79. The van der Waals surface area contributed by atoms with Gasteiger partial charge in [-0.2, -0.15) is 0 Å². The molecule has 0 fully saturated rings. The molecule has 0 saturated carbocycles. The van der Waals surface area contributed by atoms with Crippen molar-refractivity contribution in [1.29, 1.82) is 0 Å². The van der Waals surface area contributed by atoms with Gasteiger partial charge in [-0.15, -0.1) is 0 Å². The van der Waals surface area contributed by atoms with Crippen molar-refractivity contribution in [2.24, 2.45) is 0 Å². The van der Waals surface area contributed by atoms with Crippen molar-refractivity contribution >= 4 is 10.9 Å². The van der Waals surface area contributed by atoms with E-state index in [0.29, 0.717) is 22.9 Å². The van der Waals surface area contributed by atoms with Crippen LogP contribution in [-0.4, -0.2) is 4.98 Å². The van der Waals surface area contributed by atoms with Crippen LogP contribution in [0.5, 0.6) is 0 Å². The number of hydrogen-bond acceptors (Lipinski definition) is 0. The number of nitrogens with one attached hydrogen (secondary N) is 1. The first-order valence-electron chi connectivity index (χ1n) is 4.18. The van der Waals surface area contributed by atoms with Crippen molar-refractivity contribution in [3.05, 3.63) is 35.5 Å². The van der Waals surface area contributed by atoms with Gasteiger partial charge in [0.05, 0.1) is 5.52 Å². The standard InChI is InChI=1S/C10H9F2N/c1-2-6-7-3-4-13-10(7)9(12)5-8(6)11/h3-5,13H,2H2,1H3. The highest BCUT2D eigenvalue weighted by Gasteiger charge is 2.10. The first-order valence-corrected chi connectivity index (χ1v) is 4.18. The van der Waals surface area contributed by atoms with Crippen molar-refractivity contribution in [2.75, 3.05) is 0 Å². The molecule has 13 heavy (non-hydrogen) atoms. The lowest BCUT2D eigenvalue weighted by Crippen LogP contribution is -1.91. The fourth-order valence-corrected chi connectivity index (χ4v) is 1.58. The van der Waals surface area contributed by atoms with Crippen molar-refractivity contribution in [3.63, 3.8) is 0 Å². The first-order chi connectivity index (χ1) is 6.24. The van der Waals surface area contributed by atoms with Crippen molar-refractivity contribution < 1.29 is 8.78 Å². The van der Waals surface area contributed by atoms with Crippen LogP contribution in [0.3, 0.4) is 0 Å². The van der Waals surface area contributed by atoms with Crippen LogP contribution in [0.1, 0.15) is 12.5 Å². The number of H-pyrrole nitrogens is 1. The Bertz CT molecular complexity index is 445. The van der Waals surface area contributed by atoms with Gasteiger partial charge in [0.25, 0.3) is 0 Å². The highest BCUT2D eigenvalue weighted by Crippen LogP contribution is 2.23. The molecule has 3 heteroatoms. The van der Waals surface area contributed by atoms with E-state index >= 15 is 0 Å². The quantitative estimate of drug-likeness (QED) is 0.696. The fraction of sp³-hybridized carbons (Fsp3) is 0.200. The molecular formula is C10H9F2N. The number of aryl methyl sites for hydroxylation is 1. The summed E-state index contributed by atoms with van der Waals surface area (Å²) in [5, 5.41) is 0.639. The normalized spacial score (nSPS) is 11.0. The van der Waals surface area contributed by atoms with Crippen molar-refractivity contribution in [3.8, 4) is 0 Å². The maximum Gasteiger partial charge on any atom is 0.150 e. The predicted molar refractivity (Wildman–Crippen MR) is 47.6 cm³/mol. The summed E-state index contributed by atoms with van der Waals surface area (Å²) < 4.78 is 26.3. The third-order valence-corrected chi connectivity index (χ3v) is 2.21. The third-order valence-electron chi connectivity index (χ3n) is 2.21. The van der Waals surface area contributed by atoms with Gasteiger partial charge in [0.2, 0.25) is 0 Å². The van der Waals surface area contributed by atoms with Crippen LogP contribution in [0, 0.1) is 11.6 Å². The number of halogens is 2. The molecule has 0 spiro atoms. The molecule has 1 aromatic heterocycles.